The van der Waals surface area contributed by atoms with Crippen LogP contribution in [0, 0.1) is 6.92 Å². The van der Waals surface area contributed by atoms with Crippen LogP contribution in [-0.4, -0.2) is 32.1 Å². The Kier molecular flexibility index (Phi) is 6.21. The Morgan fingerprint density at radius 2 is 2.17 bits per heavy atom. The van der Waals surface area contributed by atoms with Gasteiger partial charge in [-0.15, -0.1) is 0 Å². The van der Waals surface area contributed by atoms with Crippen LogP contribution in [0.2, 0.25) is 0 Å². The Hall–Kier alpha value is -1.01. The first-order chi connectivity index (χ1) is 8.49. The molecule has 1 amide bonds. The number of aryl methyl sites for hydroxylation is 1. The monoisotopic (exact) mass is 321 g/mol. The summed E-state index contributed by atoms with van der Waals surface area (Å²) in [5.41, 5.74) is 1.49. The first kappa shape index (κ1) is 15.0. The third kappa shape index (κ3) is 5.55. The number of rotatable bonds is 6. The quantitative estimate of drug-likeness (QED) is 0.818. The molecule has 0 spiro atoms. The van der Waals surface area contributed by atoms with Crippen molar-refractivity contribution in [3.63, 3.8) is 0 Å². The van der Waals surface area contributed by atoms with Crippen molar-refractivity contribution in [3.8, 4) is 0 Å². The second kappa shape index (κ2) is 7.43. The summed E-state index contributed by atoms with van der Waals surface area (Å²) in [4.78, 5) is 11.7. The molecule has 0 saturated heterocycles. The lowest BCUT2D eigenvalue weighted by atomic mass is 10.1. The number of carbonyl (C=O) groups is 1. The predicted molar refractivity (Wildman–Crippen MR) is 68.0 cm³/mol. The molecule has 1 aromatic rings. The molecule has 100 valence electrons. The molecule has 1 aromatic carbocycles. The fourth-order valence-corrected chi connectivity index (χ4v) is 1.99. The highest BCUT2D eigenvalue weighted by molar-refractivity contribution is 9.10. The van der Waals surface area contributed by atoms with Crippen LogP contribution in [-0.2, 0) is 4.74 Å². The van der Waals surface area contributed by atoms with Gasteiger partial charge in [0.15, 0.2) is 0 Å². The molecule has 0 aliphatic rings. The number of alkyl halides is 2. The minimum Gasteiger partial charge on any atom is -0.374 e. The van der Waals surface area contributed by atoms with Gasteiger partial charge in [-0.3, -0.25) is 4.79 Å². The summed E-state index contributed by atoms with van der Waals surface area (Å²) in [6, 6.07) is 5.34. The topological polar surface area (TPSA) is 38.3 Å². The zero-order chi connectivity index (χ0) is 13.5. The van der Waals surface area contributed by atoms with Crippen LogP contribution < -0.4 is 5.32 Å². The van der Waals surface area contributed by atoms with Crippen molar-refractivity contribution in [2.24, 2.45) is 0 Å². The Bertz CT molecular complexity index is 393. The summed E-state index contributed by atoms with van der Waals surface area (Å²) in [6.45, 7) is 1.55. The van der Waals surface area contributed by atoms with E-state index in [2.05, 4.69) is 26.0 Å². The minimum absolute atomic E-state index is 0.0725. The SMILES string of the molecule is Cc1cc(Br)cc(C(=O)NCCOCC(F)F)c1. The first-order valence-corrected chi connectivity index (χ1v) is 6.19. The fourth-order valence-electron chi connectivity index (χ4n) is 1.38. The average molecular weight is 322 g/mol. The maximum absolute atomic E-state index is 11.8. The number of carbonyl (C=O) groups excluding carboxylic acids is 1. The van der Waals surface area contributed by atoms with Gasteiger partial charge in [0.05, 0.1) is 6.61 Å². The van der Waals surface area contributed by atoms with E-state index in [4.69, 9.17) is 0 Å². The van der Waals surface area contributed by atoms with Crippen molar-refractivity contribution in [1.29, 1.82) is 0 Å². The summed E-state index contributed by atoms with van der Waals surface area (Å²) in [7, 11) is 0. The van der Waals surface area contributed by atoms with E-state index in [0.29, 0.717) is 5.56 Å². The molecule has 0 aromatic heterocycles. The Morgan fingerprint density at radius 1 is 1.44 bits per heavy atom. The molecule has 1 N–H and O–H groups in total. The van der Waals surface area contributed by atoms with E-state index in [1.54, 1.807) is 12.1 Å². The van der Waals surface area contributed by atoms with Crippen LogP contribution in [0.5, 0.6) is 0 Å². The Labute approximate surface area is 113 Å². The van der Waals surface area contributed by atoms with Gasteiger partial charge in [-0.1, -0.05) is 15.9 Å². The van der Waals surface area contributed by atoms with Gasteiger partial charge < -0.3 is 10.1 Å². The molecule has 18 heavy (non-hydrogen) atoms. The normalized spacial score (nSPS) is 10.7. The summed E-state index contributed by atoms with van der Waals surface area (Å²) in [6.07, 6.45) is -2.48. The third-order valence-electron chi connectivity index (χ3n) is 2.08. The van der Waals surface area contributed by atoms with Crippen molar-refractivity contribution >= 4 is 21.8 Å². The van der Waals surface area contributed by atoms with Crippen molar-refractivity contribution in [2.45, 2.75) is 13.3 Å². The van der Waals surface area contributed by atoms with E-state index in [9.17, 15) is 13.6 Å². The number of halogens is 3. The van der Waals surface area contributed by atoms with Gasteiger partial charge in [0.25, 0.3) is 12.3 Å². The number of hydrogen-bond donors (Lipinski definition) is 1. The maximum atomic E-state index is 11.8. The van der Waals surface area contributed by atoms with Gasteiger partial charge in [0, 0.05) is 16.6 Å². The van der Waals surface area contributed by atoms with E-state index in [-0.39, 0.29) is 19.1 Å². The van der Waals surface area contributed by atoms with Gasteiger partial charge in [-0.05, 0) is 30.7 Å². The van der Waals surface area contributed by atoms with Crippen molar-refractivity contribution in [1.82, 2.24) is 5.32 Å². The molecular weight excluding hydrogens is 308 g/mol. The Morgan fingerprint density at radius 3 is 2.78 bits per heavy atom. The molecule has 0 fully saturated rings. The van der Waals surface area contributed by atoms with Gasteiger partial charge in [-0.2, -0.15) is 0 Å². The molecule has 0 radical (unpaired) electrons. The van der Waals surface area contributed by atoms with Crippen LogP contribution in [0.3, 0.4) is 0 Å². The standard InChI is InChI=1S/C12H14BrF2NO2/c1-8-4-9(6-10(13)5-8)12(17)16-2-3-18-7-11(14)15/h4-6,11H,2-3,7H2,1H3,(H,16,17). The molecule has 0 bridgehead atoms. The highest BCUT2D eigenvalue weighted by atomic mass is 79.9. The molecule has 0 aliphatic heterocycles. The highest BCUT2D eigenvalue weighted by Gasteiger charge is 2.07. The van der Waals surface area contributed by atoms with Crippen molar-refractivity contribution < 1.29 is 18.3 Å². The van der Waals surface area contributed by atoms with E-state index in [0.717, 1.165) is 10.0 Å². The maximum Gasteiger partial charge on any atom is 0.261 e. The zero-order valence-electron chi connectivity index (χ0n) is 9.88. The van der Waals surface area contributed by atoms with E-state index < -0.39 is 13.0 Å². The lowest BCUT2D eigenvalue weighted by molar-refractivity contribution is 0.0188. The van der Waals surface area contributed by atoms with E-state index in [1.165, 1.54) is 0 Å². The van der Waals surface area contributed by atoms with Crippen LogP contribution in [0.15, 0.2) is 22.7 Å². The zero-order valence-corrected chi connectivity index (χ0v) is 11.5. The van der Waals surface area contributed by atoms with Gasteiger partial charge in [0.1, 0.15) is 6.61 Å². The molecule has 3 nitrogen and oxygen atoms in total. The molecule has 0 saturated carbocycles. The predicted octanol–water partition coefficient (Wildman–Crippen LogP) is 2.77. The number of ether oxygens (including phenoxy) is 1. The summed E-state index contributed by atoms with van der Waals surface area (Å²) in [5.74, 6) is -0.250. The van der Waals surface area contributed by atoms with Crippen molar-refractivity contribution in [3.05, 3.63) is 33.8 Å². The Balaban J connectivity index is 2.36. The van der Waals surface area contributed by atoms with Crippen LogP contribution in [0.1, 0.15) is 15.9 Å². The number of nitrogens with one attached hydrogen (secondary N) is 1. The van der Waals surface area contributed by atoms with E-state index in [1.807, 2.05) is 13.0 Å². The second-order valence-corrected chi connectivity index (χ2v) is 4.65. The molecule has 0 unspecified atom stereocenters. The third-order valence-corrected chi connectivity index (χ3v) is 2.54. The smallest absolute Gasteiger partial charge is 0.261 e. The summed E-state index contributed by atoms with van der Waals surface area (Å²) in [5, 5.41) is 2.60. The highest BCUT2D eigenvalue weighted by Crippen LogP contribution is 2.15. The molecule has 1 rings (SSSR count). The van der Waals surface area contributed by atoms with Crippen molar-refractivity contribution in [2.75, 3.05) is 19.8 Å². The van der Waals surface area contributed by atoms with Crippen LogP contribution in [0.25, 0.3) is 0 Å². The van der Waals surface area contributed by atoms with Gasteiger partial charge in [-0.25, -0.2) is 8.78 Å². The average Bonchev–Trinajstić information content (AvgIpc) is 2.26. The lowest BCUT2D eigenvalue weighted by Gasteiger charge is -2.07. The summed E-state index contributed by atoms with van der Waals surface area (Å²) < 4.78 is 29.0. The summed E-state index contributed by atoms with van der Waals surface area (Å²) >= 11 is 3.30. The lowest BCUT2D eigenvalue weighted by Crippen LogP contribution is -2.27. The van der Waals surface area contributed by atoms with Crippen LogP contribution in [0.4, 0.5) is 8.78 Å². The second-order valence-electron chi connectivity index (χ2n) is 3.74. The molecular formula is C12H14BrF2NO2. The largest absolute Gasteiger partial charge is 0.374 e. The number of hydrogen-bond acceptors (Lipinski definition) is 2. The molecule has 6 heteroatoms. The minimum atomic E-state index is -2.48. The molecule has 0 heterocycles. The van der Waals surface area contributed by atoms with E-state index >= 15 is 0 Å². The van der Waals surface area contributed by atoms with Gasteiger partial charge in [0.2, 0.25) is 0 Å². The molecule has 0 atom stereocenters. The fraction of sp³-hybridized carbons (Fsp3) is 0.417. The molecule has 0 aliphatic carbocycles. The first-order valence-electron chi connectivity index (χ1n) is 5.40. The van der Waals surface area contributed by atoms with Crippen LogP contribution >= 0.6 is 15.9 Å². The van der Waals surface area contributed by atoms with Gasteiger partial charge >= 0.3 is 0 Å². The number of benzene rings is 1. The number of amides is 1.